The van der Waals surface area contributed by atoms with Crippen molar-refractivity contribution in [1.82, 2.24) is 26.1 Å². The Morgan fingerprint density at radius 3 is 2.73 bits per heavy atom. The van der Waals surface area contributed by atoms with Crippen molar-refractivity contribution in [3.05, 3.63) is 30.0 Å². The normalized spacial score (nSPS) is 13.6. The molecule has 0 bridgehead atoms. The highest BCUT2D eigenvalue weighted by Crippen LogP contribution is 2.14. The zero-order valence-corrected chi connectivity index (χ0v) is 12.9. The maximum absolute atomic E-state index is 12.2. The molecule has 1 aromatic heterocycles. The molecule has 0 radical (unpaired) electrons. The van der Waals surface area contributed by atoms with E-state index >= 15 is 0 Å². The van der Waals surface area contributed by atoms with Gasteiger partial charge >= 0.3 is 0 Å². The van der Waals surface area contributed by atoms with Crippen molar-refractivity contribution in [1.29, 1.82) is 0 Å². The number of carbonyl (C=O) groups is 2. The van der Waals surface area contributed by atoms with E-state index in [2.05, 4.69) is 26.1 Å². The number of fused-ring (bicyclic) bond motifs is 1. The monoisotopic (exact) mass is 303 g/mol. The van der Waals surface area contributed by atoms with E-state index in [0.29, 0.717) is 12.2 Å². The SMILES string of the molecule is CNC(C)CNC(=O)C(C)NC(=O)c1n[nH]c2ccccc12. The van der Waals surface area contributed by atoms with Crippen LogP contribution in [0.4, 0.5) is 0 Å². The number of hydrogen-bond acceptors (Lipinski definition) is 4. The van der Waals surface area contributed by atoms with E-state index in [-0.39, 0.29) is 17.9 Å². The van der Waals surface area contributed by atoms with Gasteiger partial charge in [0.25, 0.3) is 5.91 Å². The second kappa shape index (κ2) is 7.04. The molecule has 0 spiro atoms. The van der Waals surface area contributed by atoms with Crippen molar-refractivity contribution in [3.63, 3.8) is 0 Å². The first-order chi connectivity index (χ1) is 10.5. The van der Waals surface area contributed by atoms with Gasteiger partial charge in [0.1, 0.15) is 6.04 Å². The molecule has 0 saturated heterocycles. The molecule has 1 aromatic carbocycles. The molecule has 0 aliphatic carbocycles. The summed E-state index contributed by atoms with van der Waals surface area (Å²) in [7, 11) is 1.82. The molecule has 2 unspecified atom stereocenters. The number of para-hydroxylation sites is 1. The molecule has 2 atom stereocenters. The van der Waals surface area contributed by atoms with Crippen LogP contribution >= 0.6 is 0 Å². The molecule has 2 rings (SSSR count). The number of aromatic amines is 1. The summed E-state index contributed by atoms with van der Waals surface area (Å²) >= 11 is 0. The fraction of sp³-hybridized carbons (Fsp3) is 0.400. The minimum Gasteiger partial charge on any atom is -0.353 e. The number of H-pyrrole nitrogens is 1. The van der Waals surface area contributed by atoms with Crippen molar-refractivity contribution < 1.29 is 9.59 Å². The van der Waals surface area contributed by atoms with Crippen LogP contribution in [0.25, 0.3) is 10.9 Å². The quantitative estimate of drug-likeness (QED) is 0.621. The van der Waals surface area contributed by atoms with Gasteiger partial charge in [-0.1, -0.05) is 18.2 Å². The minimum absolute atomic E-state index is 0.169. The molecular weight excluding hydrogens is 282 g/mol. The van der Waals surface area contributed by atoms with Gasteiger partial charge in [-0.15, -0.1) is 0 Å². The third-order valence-corrected chi connectivity index (χ3v) is 3.50. The van der Waals surface area contributed by atoms with Crippen LogP contribution in [0.1, 0.15) is 24.3 Å². The molecule has 118 valence electrons. The summed E-state index contributed by atoms with van der Waals surface area (Å²) in [4.78, 5) is 24.2. The van der Waals surface area contributed by atoms with Crippen LogP contribution < -0.4 is 16.0 Å². The Bertz CT molecular complexity index is 667. The fourth-order valence-corrected chi connectivity index (χ4v) is 1.98. The number of nitrogens with zero attached hydrogens (tertiary/aromatic N) is 1. The molecule has 7 nitrogen and oxygen atoms in total. The van der Waals surface area contributed by atoms with Crippen LogP contribution in [-0.4, -0.2) is 47.7 Å². The van der Waals surface area contributed by atoms with E-state index in [0.717, 1.165) is 10.9 Å². The molecule has 1 heterocycles. The molecule has 0 aliphatic heterocycles. The Balaban J connectivity index is 1.98. The van der Waals surface area contributed by atoms with Gasteiger partial charge in [0.15, 0.2) is 5.69 Å². The van der Waals surface area contributed by atoms with E-state index in [1.807, 2.05) is 38.2 Å². The van der Waals surface area contributed by atoms with Gasteiger partial charge in [-0.05, 0) is 27.0 Å². The summed E-state index contributed by atoms with van der Waals surface area (Å²) in [5.74, 6) is -0.600. The van der Waals surface area contributed by atoms with Crippen molar-refractivity contribution in [3.8, 4) is 0 Å². The molecule has 7 heteroatoms. The van der Waals surface area contributed by atoms with Gasteiger partial charge < -0.3 is 16.0 Å². The number of benzene rings is 1. The fourth-order valence-electron chi connectivity index (χ4n) is 1.98. The molecule has 22 heavy (non-hydrogen) atoms. The summed E-state index contributed by atoms with van der Waals surface area (Å²) in [6.45, 7) is 4.10. The highest BCUT2D eigenvalue weighted by atomic mass is 16.2. The van der Waals surface area contributed by atoms with Gasteiger partial charge in [0, 0.05) is 18.0 Å². The number of aromatic nitrogens is 2. The van der Waals surface area contributed by atoms with Crippen LogP contribution in [-0.2, 0) is 4.79 Å². The third kappa shape index (κ3) is 3.62. The maximum Gasteiger partial charge on any atom is 0.273 e. The van der Waals surface area contributed by atoms with Crippen LogP contribution in [0, 0.1) is 0 Å². The predicted molar refractivity (Wildman–Crippen MR) is 84.6 cm³/mol. The van der Waals surface area contributed by atoms with Gasteiger partial charge in [-0.25, -0.2) is 0 Å². The van der Waals surface area contributed by atoms with Gasteiger partial charge in [-0.2, -0.15) is 5.10 Å². The zero-order chi connectivity index (χ0) is 16.1. The molecule has 0 aliphatic rings. The number of likely N-dealkylation sites (N-methyl/N-ethyl adjacent to an activating group) is 1. The molecular formula is C15H21N5O2. The van der Waals surface area contributed by atoms with Crippen molar-refractivity contribution in [2.45, 2.75) is 25.9 Å². The zero-order valence-electron chi connectivity index (χ0n) is 12.9. The summed E-state index contributed by atoms with van der Waals surface area (Å²) in [6, 6.07) is 6.89. The number of rotatable bonds is 6. The Hall–Kier alpha value is -2.41. The van der Waals surface area contributed by atoms with Crippen LogP contribution in [0.15, 0.2) is 24.3 Å². The van der Waals surface area contributed by atoms with Gasteiger partial charge in [0.05, 0.1) is 5.52 Å². The maximum atomic E-state index is 12.2. The lowest BCUT2D eigenvalue weighted by atomic mass is 10.2. The minimum atomic E-state index is -0.632. The molecule has 2 aromatic rings. The standard InChI is InChI=1S/C15H21N5O2/c1-9(16-3)8-17-14(21)10(2)18-15(22)13-11-6-4-5-7-12(11)19-20-13/h4-7,9-10,16H,8H2,1-3H3,(H,17,21)(H,18,22)(H,19,20). The summed E-state index contributed by atoms with van der Waals surface area (Å²) in [6.07, 6.45) is 0. The molecule has 0 fully saturated rings. The Kier molecular flexibility index (Phi) is 5.11. The average molecular weight is 303 g/mol. The lowest BCUT2D eigenvalue weighted by Gasteiger charge is -2.16. The number of carbonyl (C=O) groups excluding carboxylic acids is 2. The van der Waals surface area contributed by atoms with Crippen molar-refractivity contribution >= 4 is 22.7 Å². The number of nitrogens with one attached hydrogen (secondary N) is 4. The largest absolute Gasteiger partial charge is 0.353 e. The first-order valence-electron chi connectivity index (χ1n) is 7.22. The van der Waals surface area contributed by atoms with E-state index in [9.17, 15) is 9.59 Å². The Morgan fingerprint density at radius 1 is 1.27 bits per heavy atom. The Morgan fingerprint density at radius 2 is 2.00 bits per heavy atom. The molecule has 0 saturated carbocycles. The van der Waals surface area contributed by atoms with Crippen LogP contribution in [0.2, 0.25) is 0 Å². The lowest BCUT2D eigenvalue weighted by Crippen LogP contribution is -2.47. The van der Waals surface area contributed by atoms with E-state index < -0.39 is 6.04 Å². The Labute approximate surface area is 128 Å². The summed E-state index contributed by atoms with van der Waals surface area (Å²) in [5, 5.41) is 16.0. The van der Waals surface area contributed by atoms with E-state index in [4.69, 9.17) is 0 Å². The number of hydrogen-bond donors (Lipinski definition) is 4. The lowest BCUT2D eigenvalue weighted by molar-refractivity contribution is -0.122. The first kappa shape index (κ1) is 16.0. The topological polar surface area (TPSA) is 98.9 Å². The highest BCUT2D eigenvalue weighted by molar-refractivity contribution is 6.05. The van der Waals surface area contributed by atoms with Crippen LogP contribution in [0.3, 0.4) is 0 Å². The second-order valence-electron chi connectivity index (χ2n) is 5.25. The smallest absolute Gasteiger partial charge is 0.273 e. The number of amides is 2. The highest BCUT2D eigenvalue weighted by Gasteiger charge is 2.20. The predicted octanol–water partition coefficient (Wildman–Crippen LogP) is 0.405. The van der Waals surface area contributed by atoms with Crippen LogP contribution in [0.5, 0.6) is 0 Å². The summed E-state index contributed by atoms with van der Waals surface area (Å²) in [5.41, 5.74) is 1.08. The third-order valence-electron chi connectivity index (χ3n) is 3.50. The van der Waals surface area contributed by atoms with E-state index in [1.54, 1.807) is 6.92 Å². The van der Waals surface area contributed by atoms with Crippen molar-refractivity contribution in [2.75, 3.05) is 13.6 Å². The molecule has 4 N–H and O–H groups in total. The first-order valence-corrected chi connectivity index (χ1v) is 7.22. The average Bonchev–Trinajstić information content (AvgIpc) is 2.96. The van der Waals surface area contributed by atoms with E-state index in [1.165, 1.54) is 0 Å². The second-order valence-corrected chi connectivity index (χ2v) is 5.25. The summed E-state index contributed by atoms with van der Waals surface area (Å²) < 4.78 is 0. The van der Waals surface area contributed by atoms with Crippen molar-refractivity contribution in [2.24, 2.45) is 0 Å². The molecule has 2 amide bonds. The van der Waals surface area contributed by atoms with Gasteiger partial charge in [-0.3, -0.25) is 14.7 Å². The van der Waals surface area contributed by atoms with Gasteiger partial charge in [0.2, 0.25) is 5.91 Å².